The van der Waals surface area contributed by atoms with Crippen molar-refractivity contribution >= 4 is 21.5 Å². The Kier molecular flexibility index (Phi) is 5.82. The monoisotopic (exact) mass is 501 g/mol. The third-order valence-corrected chi connectivity index (χ3v) is 8.16. The first-order valence-electron chi connectivity index (χ1n) is 11.1. The van der Waals surface area contributed by atoms with Gasteiger partial charge in [0.2, 0.25) is 5.88 Å². The Morgan fingerprint density at radius 1 is 1.03 bits per heavy atom. The molecule has 8 nitrogen and oxygen atoms in total. The van der Waals surface area contributed by atoms with Gasteiger partial charge in [-0.25, -0.2) is 8.42 Å². The highest BCUT2D eigenvalue weighted by molar-refractivity contribution is 7.96. The van der Waals surface area contributed by atoms with Crippen LogP contribution in [0.15, 0.2) is 89.2 Å². The molecule has 0 spiro atoms. The van der Waals surface area contributed by atoms with Crippen molar-refractivity contribution in [3.05, 3.63) is 106 Å². The van der Waals surface area contributed by atoms with Gasteiger partial charge in [0, 0.05) is 17.2 Å². The van der Waals surface area contributed by atoms with E-state index in [4.69, 9.17) is 19.9 Å². The van der Waals surface area contributed by atoms with Crippen molar-refractivity contribution in [2.24, 2.45) is 5.73 Å². The molecule has 3 aromatic rings. The molecule has 0 unspecified atom stereocenters. The van der Waals surface area contributed by atoms with Crippen LogP contribution in [-0.4, -0.2) is 22.6 Å². The maximum atomic E-state index is 14.3. The molecule has 2 aliphatic heterocycles. The molecule has 1 atom stereocenters. The first-order valence-corrected chi connectivity index (χ1v) is 12.5. The summed E-state index contributed by atoms with van der Waals surface area (Å²) in [6.45, 7) is 0.102. The van der Waals surface area contributed by atoms with Gasteiger partial charge in [0.25, 0.3) is 10.0 Å². The van der Waals surface area contributed by atoms with Crippen LogP contribution in [0.4, 0.5) is 5.69 Å². The first-order chi connectivity index (χ1) is 17.4. The van der Waals surface area contributed by atoms with Crippen molar-refractivity contribution in [2.75, 3.05) is 18.5 Å². The average Bonchev–Trinajstić information content (AvgIpc) is 2.90. The Hall–Kier alpha value is -4.42. The quantitative estimate of drug-likeness (QED) is 0.556. The normalized spacial score (nSPS) is 18.0. The maximum absolute atomic E-state index is 14.3. The summed E-state index contributed by atoms with van der Waals surface area (Å²) < 4.78 is 46.8. The van der Waals surface area contributed by atoms with Gasteiger partial charge in [-0.05, 0) is 23.8 Å². The lowest BCUT2D eigenvalue weighted by molar-refractivity contribution is 0.355. The van der Waals surface area contributed by atoms with Crippen molar-refractivity contribution in [3.8, 4) is 17.6 Å². The number of methoxy groups -OCH3 is 2. The molecule has 0 bridgehead atoms. The summed E-state index contributed by atoms with van der Waals surface area (Å²) in [5.74, 6) is -0.210. The molecular formula is C27H23N3O5S. The van der Waals surface area contributed by atoms with Gasteiger partial charge in [0.15, 0.2) is 5.76 Å². The van der Waals surface area contributed by atoms with Crippen molar-refractivity contribution < 1.29 is 22.6 Å². The van der Waals surface area contributed by atoms with E-state index in [1.165, 1.54) is 18.5 Å². The van der Waals surface area contributed by atoms with Gasteiger partial charge in [-0.1, -0.05) is 48.5 Å². The topological polar surface area (TPSA) is 115 Å². The fraction of sp³-hybridized carbons (Fsp3) is 0.148. The third kappa shape index (κ3) is 3.63. The third-order valence-electron chi connectivity index (χ3n) is 6.28. The van der Waals surface area contributed by atoms with Crippen LogP contribution in [0.2, 0.25) is 0 Å². The number of benzene rings is 3. The SMILES string of the molecule is COc1ccc([C@@H]2C(C#N)=C(N)OC3=C2S(=O)(=O)N(Cc2ccccc2)c2ccccc23)c(OC)c1. The minimum absolute atomic E-state index is 0.0140. The number of para-hydroxylation sites is 1. The summed E-state index contributed by atoms with van der Waals surface area (Å²) >= 11 is 0. The molecule has 36 heavy (non-hydrogen) atoms. The second-order valence-corrected chi connectivity index (χ2v) is 10.1. The zero-order valence-electron chi connectivity index (χ0n) is 19.6. The Balaban J connectivity index is 1.79. The van der Waals surface area contributed by atoms with Gasteiger partial charge in [-0.2, -0.15) is 5.26 Å². The van der Waals surface area contributed by atoms with Crippen molar-refractivity contribution in [1.82, 2.24) is 0 Å². The number of hydrogen-bond acceptors (Lipinski definition) is 7. The number of anilines is 1. The van der Waals surface area contributed by atoms with Crippen molar-refractivity contribution in [2.45, 2.75) is 12.5 Å². The van der Waals surface area contributed by atoms with Crippen molar-refractivity contribution in [1.29, 1.82) is 5.26 Å². The standard InChI is InChI=1S/C27H23N3O5S/c1-33-18-12-13-20(23(14-18)34-2)24-21(15-28)27(29)35-25-19-10-6-7-11-22(19)30(36(31,32)26(24)25)16-17-8-4-3-5-9-17/h3-14,24H,16,29H2,1-2H3/t24-/m1/s1. The number of hydrogen-bond donors (Lipinski definition) is 1. The molecule has 2 heterocycles. The summed E-state index contributed by atoms with van der Waals surface area (Å²) in [5.41, 5.74) is 8.49. The van der Waals surface area contributed by atoms with E-state index in [0.29, 0.717) is 28.3 Å². The van der Waals surface area contributed by atoms with Gasteiger partial charge >= 0.3 is 0 Å². The van der Waals surface area contributed by atoms with Gasteiger partial charge in [0.1, 0.15) is 28.0 Å². The summed E-state index contributed by atoms with van der Waals surface area (Å²) in [6, 6.07) is 23.5. The van der Waals surface area contributed by atoms with E-state index in [-0.39, 0.29) is 28.7 Å². The number of sulfonamides is 1. The minimum atomic E-state index is -4.18. The van der Waals surface area contributed by atoms with Crippen LogP contribution in [0.1, 0.15) is 22.6 Å². The van der Waals surface area contributed by atoms with E-state index in [2.05, 4.69) is 6.07 Å². The van der Waals surface area contributed by atoms with Gasteiger partial charge in [-0.3, -0.25) is 4.31 Å². The summed E-state index contributed by atoms with van der Waals surface area (Å²) in [6.07, 6.45) is 0. The maximum Gasteiger partial charge on any atom is 0.265 e. The molecule has 0 saturated carbocycles. The molecular weight excluding hydrogens is 478 g/mol. The van der Waals surface area contributed by atoms with Crippen LogP contribution >= 0.6 is 0 Å². The first kappa shape index (κ1) is 23.3. The molecule has 3 aromatic carbocycles. The van der Waals surface area contributed by atoms with Crippen LogP contribution in [0.5, 0.6) is 11.5 Å². The molecule has 5 rings (SSSR count). The lowest BCUT2D eigenvalue weighted by atomic mass is 9.87. The van der Waals surface area contributed by atoms with Crippen LogP contribution in [0.3, 0.4) is 0 Å². The van der Waals surface area contributed by atoms with E-state index < -0.39 is 15.9 Å². The number of rotatable bonds is 5. The smallest absolute Gasteiger partial charge is 0.265 e. The van der Waals surface area contributed by atoms with E-state index in [1.807, 2.05) is 30.3 Å². The highest BCUT2D eigenvalue weighted by Crippen LogP contribution is 2.52. The summed E-state index contributed by atoms with van der Waals surface area (Å²) in [5, 5.41) is 10.0. The molecule has 0 aromatic heterocycles. The van der Waals surface area contributed by atoms with E-state index in [9.17, 15) is 13.7 Å². The largest absolute Gasteiger partial charge is 0.497 e. The molecule has 0 saturated heterocycles. The second-order valence-electron chi connectivity index (χ2n) is 8.24. The van der Waals surface area contributed by atoms with Gasteiger partial charge in [-0.15, -0.1) is 0 Å². The Labute approximate surface area is 209 Å². The lowest BCUT2D eigenvalue weighted by Crippen LogP contribution is -2.39. The molecule has 182 valence electrons. The zero-order valence-corrected chi connectivity index (χ0v) is 20.5. The van der Waals surface area contributed by atoms with Crippen LogP contribution in [0, 0.1) is 11.3 Å². The fourth-order valence-electron chi connectivity index (χ4n) is 4.60. The fourth-order valence-corrected chi connectivity index (χ4v) is 6.50. The van der Waals surface area contributed by atoms with Crippen LogP contribution < -0.4 is 19.5 Å². The number of nitrogens with two attached hydrogens (primary N) is 1. The molecule has 2 N–H and O–H groups in total. The van der Waals surface area contributed by atoms with E-state index >= 15 is 0 Å². The Morgan fingerprint density at radius 2 is 1.75 bits per heavy atom. The van der Waals surface area contributed by atoms with E-state index in [0.717, 1.165) is 5.56 Å². The highest BCUT2D eigenvalue weighted by atomic mass is 32.2. The van der Waals surface area contributed by atoms with Gasteiger partial charge in [0.05, 0.1) is 32.4 Å². The van der Waals surface area contributed by atoms with Gasteiger partial charge < -0.3 is 19.9 Å². The predicted molar refractivity (Wildman–Crippen MR) is 135 cm³/mol. The predicted octanol–water partition coefficient (Wildman–Crippen LogP) is 4.23. The molecule has 9 heteroatoms. The summed E-state index contributed by atoms with van der Waals surface area (Å²) in [4.78, 5) is -0.0636. The lowest BCUT2D eigenvalue weighted by Gasteiger charge is -2.38. The Morgan fingerprint density at radius 3 is 2.44 bits per heavy atom. The molecule has 0 aliphatic carbocycles. The summed E-state index contributed by atoms with van der Waals surface area (Å²) in [7, 11) is -1.19. The minimum Gasteiger partial charge on any atom is -0.497 e. The molecule has 0 amide bonds. The van der Waals surface area contributed by atoms with Crippen molar-refractivity contribution in [3.63, 3.8) is 0 Å². The van der Waals surface area contributed by atoms with Crippen LogP contribution in [-0.2, 0) is 21.3 Å². The average molecular weight is 502 g/mol. The van der Waals surface area contributed by atoms with E-state index in [1.54, 1.807) is 42.5 Å². The Bertz CT molecular complexity index is 1560. The number of allylic oxidation sites excluding steroid dienone is 2. The zero-order chi connectivity index (χ0) is 25.4. The number of nitrogens with zero attached hydrogens (tertiary/aromatic N) is 2. The molecule has 2 aliphatic rings. The highest BCUT2D eigenvalue weighted by Gasteiger charge is 2.48. The number of ether oxygens (including phenoxy) is 3. The second kappa shape index (κ2) is 8.98. The molecule has 0 radical (unpaired) electrons. The number of nitriles is 1. The molecule has 0 fully saturated rings. The van der Waals surface area contributed by atoms with Crippen LogP contribution in [0.25, 0.3) is 5.76 Å². The number of fused-ring (bicyclic) bond motifs is 2.